The van der Waals surface area contributed by atoms with Crippen molar-refractivity contribution in [3.05, 3.63) is 35.4 Å². The summed E-state index contributed by atoms with van der Waals surface area (Å²) in [5, 5.41) is 3.02. The van der Waals surface area contributed by atoms with E-state index >= 15 is 0 Å². The minimum atomic E-state index is -1.35. The van der Waals surface area contributed by atoms with Gasteiger partial charge in [0.2, 0.25) is 5.91 Å². The van der Waals surface area contributed by atoms with E-state index in [1.165, 1.54) is 0 Å². The van der Waals surface area contributed by atoms with Gasteiger partial charge in [-0.05, 0) is 11.1 Å². The number of rotatable bonds is 4. The van der Waals surface area contributed by atoms with Crippen molar-refractivity contribution in [2.24, 2.45) is 11.7 Å². The monoisotopic (exact) mass is 260 g/mol. The number of carbonyl (C=O) groups excluding carboxylic acids is 2. The summed E-state index contributed by atoms with van der Waals surface area (Å²) in [4.78, 5) is 24.5. The molecule has 1 saturated heterocycles. The van der Waals surface area contributed by atoms with Gasteiger partial charge in [0.05, 0.1) is 13.2 Å². The first-order valence-electron chi connectivity index (χ1n) is 6.39. The molecule has 0 aromatic heterocycles. The van der Waals surface area contributed by atoms with Crippen molar-refractivity contribution < 1.29 is 14.3 Å². The zero-order valence-electron chi connectivity index (χ0n) is 10.5. The minimum Gasteiger partial charge on any atom is -0.381 e. The number of Topliss-reactive ketones (excluding diaryl/α,β-unsaturated/α-hetero) is 1. The zero-order chi connectivity index (χ0) is 13.5. The molecule has 0 saturated carbocycles. The zero-order valence-corrected chi connectivity index (χ0v) is 10.5. The molecule has 100 valence electrons. The third-order valence-electron chi connectivity index (χ3n) is 3.93. The van der Waals surface area contributed by atoms with E-state index in [1.54, 1.807) is 6.07 Å². The highest BCUT2D eigenvalue weighted by Gasteiger charge is 2.50. The van der Waals surface area contributed by atoms with Crippen LogP contribution in [0.2, 0.25) is 0 Å². The Morgan fingerprint density at radius 2 is 2.11 bits per heavy atom. The SMILES string of the molecule is NC(=O)C1(C(=O)CC2COC2)NCc2ccccc21. The van der Waals surface area contributed by atoms with Crippen molar-refractivity contribution in [1.29, 1.82) is 0 Å². The fourth-order valence-corrected chi connectivity index (χ4v) is 2.79. The number of carbonyl (C=O) groups is 2. The van der Waals surface area contributed by atoms with Crippen LogP contribution in [0.1, 0.15) is 17.5 Å². The molecule has 1 atom stereocenters. The fraction of sp³-hybridized carbons (Fsp3) is 0.429. The highest BCUT2D eigenvalue weighted by atomic mass is 16.5. The molecule has 5 nitrogen and oxygen atoms in total. The molecule has 2 aliphatic rings. The van der Waals surface area contributed by atoms with E-state index in [1.807, 2.05) is 18.2 Å². The van der Waals surface area contributed by atoms with Gasteiger partial charge >= 0.3 is 0 Å². The molecule has 0 bridgehead atoms. The number of ether oxygens (including phenoxy) is 1. The first-order valence-corrected chi connectivity index (χ1v) is 6.39. The smallest absolute Gasteiger partial charge is 0.250 e. The van der Waals surface area contributed by atoms with Crippen LogP contribution in [-0.2, 0) is 26.4 Å². The summed E-state index contributed by atoms with van der Waals surface area (Å²) in [5.41, 5.74) is 5.83. The Morgan fingerprint density at radius 1 is 1.37 bits per heavy atom. The summed E-state index contributed by atoms with van der Waals surface area (Å²) >= 11 is 0. The fourth-order valence-electron chi connectivity index (χ4n) is 2.79. The van der Waals surface area contributed by atoms with E-state index in [4.69, 9.17) is 10.5 Å². The topological polar surface area (TPSA) is 81.4 Å². The van der Waals surface area contributed by atoms with E-state index < -0.39 is 11.4 Å². The predicted octanol–water partition coefficient (Wildman–Crippen LogP) is 0.0760. The Balaban J connectivity index is 1.96. The number of nitrogens with two attached hydrogens (primary N) is 1. The average Bonchev–Trinajstić information content (AvgIpc) is 2.74. The molecule has 3 N–H and O–H groups in total. The van der Waals surface area contributed by atoms with Crippen molar-refractivity contribution in [3.63, 3.8) is 0 Å². The second-order valence-corrected chi connectivity index (χ2v) is 5.16. The van der Waals surface area contributed by atoms with Crippen molar-refractivity contribution in [2.45, 2.75) is 18.5 Å². The Hall–Kier alpha value is -1.72. The van der Waals surface area contributed by atoms with Crippen LogP contribution in [0.3, 0.4) is 0 Å². The molecule has 1 fully saturated rings. The number of ketones is 1. The summed E-state index contributed by atoms with van der Waals surface area (Å²) in [6.45, 7) is 1.66. The van der Waals surface area contributed by atoms with Crippen molar-refractivity contribution in [3.8, 4) is 0 Å². The van der Waals surface area contributed by atoms with Gasteiger partial charge in [-0.2, -0.15) is 0 Å². The van der Waals surface area contributed by atoms with Crippen LogP contribution < -0.4 is 11.1 Å². The van der Waals surface area contributed by atoms with Crippen molar-refractivity contribution >= 4 is 11.7 Å². The summed E-state index contributed by atoms with van der Waals surface area (Å²) in [5.74, 6) is -0.570. The van der Waals surface area contributed by atoms with E-state index in [2.05, 4.69) is 5.32 Å². The quantitative estimate of drug-likeness (QED) is 0.751. The predicted molar refractivity (Wildman–Crippen MR) is 68.1 cm³/mol. The van der Waals surface area contributed by atoms with Crippen LogP contribution in [0, 0.1) is 5.92 Å². The van der Waals surface area contributed by atoms with Crippen LogP contribution in [0.25, 0.3) is 0 Å². The highest BCUT2D eigenvalue weighted by molar-refractivity contribution is 6.11. The summed E-state index contributed by atoms with van der Waals surface area (Å²) < 4.78 is 5.07. The molecule has 19 heavy (non-hydrogen) atoms. The molecular formula is C14H16N2O3. The lowest BCUT2D eigenvalue weighted by Gasteiger charge is -2.31. The maximum atomic E-state index is 12.6. The van der Waals surface area contributed by atoms with E-state index in [-0.39, 0.29) is 11.7 Å². The molecule has 1 aromatic rings. The first-order chi connectivity index (χ1) is 9.14. The van der Waals surface area contributed by atoms with Crippen LogP contribution in [0.5, 0.6) is 0 Å². The molecule has 0 radical (unpaired) electrons. The largest absolute Gasteiger partial charge is 0.381 e. The van der Waals surface area contributed by atoms with Crippen LogP contribution in [0.15, 0.2) is 24.3 Å². The van der Waals surface area contributed by atoms with Gasteiger partial charge in [-0.25, -0.2) is 0 Å². The van der Waals surface area contributed by atoms with Gasteiger partial charge in [0.1, 0.15) is 0 Å². The second kappa shape index (κ2) is 4.43. The second-order valence-electron chi connectivity index (χ2n) is 5.16. The van der Waals surface area contributed by atoms with Crippen LogP contribution in [0.4, 0.5) is 0 Å². The van der Waals surface area contributed by atoms with Gasteiger partial charge in [-0.1, -0.05) is 24.3 Å². The lowest BCUT2D eigenvalue weighted by atomic mass is 9.81. The summed E-state index contributed by atoms with van der Waals surface area (Å²) in [7, 11) is 0. The van der Waals surface area contributed by atoms with Gasteiger partial charge in [-0.15, -0.1) is 0 Å². The number of fused-ring (bicyclic) bond motifs is 1. The number of hydrogen-bond donors (Lipinski definition) is 2. The molecule has 2 heterocycles. The normalized spacial score (nSPS) is 25.7. The molecule has 1 amide bonds. The number of benzene rings is 1. The molecular weight excluding hydrogens is 244 g/mol. The van der Waals surface area contributed by atoms with Gasteiger partial charge in [0.15, 0.2) is 11.3 Å². The Labute approximate surface area is 111 Å². The summed E-state index contributed by atoms with van der Waals surface area (Å²) in [6, 6.07) is 7.42. The van der Waals surface area contributed by atoms with E-state index in [9.17, 15) is 9.59 Å². The average molecular weight is 260 g/mol. The van der Waals surface area contributed by atoms with Crippen LogP contribution >= 0.6 is 0 Å². The van der Waals surface area contributed by atoms with E-state index in [0.717, 1.165) is 5.56 Å². The molecule has 1 unspecified atom stereocenters. The lowest BCUT2D eigenvalue weighted by Crippen LogP contribution is -2.55. The van der Waals surface area contributed by atoms with Gasteiger partial charge in [-0.3, -0.25) is 14.9 Å². The van der Waals surface area contributed by atoms with Gasteiger partial charge in [0.25, 0.3) is 0 Å². The molecule has 2 aliphatic heterocycles. The molecule has 1 aromatic carbocycles. The number of amides is 1. The van der Waals surface area contributed by atoms with Crippen molar-refractivity contribution in [1.82, 2.24) is 5.32 Å². The molecule has 5 heteroatoms. The number of nitrogens with one attached hydrogen (secondary N) is 1. The maximum absolute atomic E-state index is 12.6. The lowest BCUT2D eigenvalue weighted by molar-refractivity contribution is -0.139. The highest BCUT2D eigenvalue weighted by Crippen LogP contribution is 2.34. The Morgan fingerprint density at radius 3 is 2.74 bits per heavy atom. The Bertz CT molecular complexity index is 539. The summed E-state index contributed by atoms with van der Waals surface area (Å²) in [6.07, 6.45) is 0.324. The molecule has 0 spiro atoms. The van der Waals surface area contributed by atoms with Crippen molar-refractivity contribution in [2.75, 3.05) is 13.2 Å². The standard InChI is InChI=1S/C14H16N2O3/c15-13(18)14(12(17)5-9-7-19-8-9)11-4-2-1-3-10(11)6-16-14/h1-4,9,16H,5-8H2,(H2,15,18). The van der Waals surface area contributed by atoms with Crippen LogP contribution in [-0.4, -0.2) is 24.9 Å². The number of hydrogen-bond acceptors (Lipinski definition) is 4. The van der Waals surface area contributed by atoms with E-state index in [0.29, 0.717) is 31.7 Å². The third-order valence-corrected chi connectivity index (χ3v) is 3.93. The first kappa shape index (κ1) is 12.3. The van der Waals surface area contributed by atoms with Gasteiger partial charge < -0.3 is 10.5 Å². The maximum Gasteiger partial charge on any atom is 0.250 e. The Kier molecular flexibility index (Phi) is 2.88. The third kappa shape index (κ3) is 1.77. The molecule has 0 aliphatic carbocycles. The van der Waals surface area contributed by atoms with Gasteiger partial charge in [0, 0.05) is 18.9 Å². The number of primary amides is 1. The minimum absolute atomic E-state index is 0.154. The molecule has 3 rings (SSSR count).